The van der Waals surface area contributed by atoms with Gasteiger partial charge in [-0.3, -0.25) is 0 Å². The smallest absolute Gasteiger partial charge is 0.334 e. The Morgan fingerprint density at radius 2 is 2.11 bits per heavy atom. The van der Waals surface area contributed by atoms with Gasteiger partial charge in [0.05, 0.1) is 6.10 Å². The molecule has 2 aliphatic carbocycles. The lowest BCUT2D eigenvalue weighted by Crippen LogP contribution is -2.46. The van der Waals surface area contributed by atoms with E-state index in [0.717, 1.165) is 24.8 Å². The van der Waals surface area contributed by atoms with Gasteiger partial charge in [0, 0.05) is 11.5 Å². The van der Waals surface area contributed by atoms with Crippen molar-refractivity contribution in [3.05, 3.63) is 24.3 Å². The molecule has 0 bridgehead atoms. The van der Waals surface area contributed by atoms with Crippen LogP contribution in [-0.2, 0) is 9.53 Å². The number of aliphatic hydroxyl groups excluding tert-OH is 1. The van der Waals surface area contributed by atoms with Gasteiger partial charge >= 0.3 is 5.97 Å². The number of fused-ring (bicyclic) bond motifs is 2. The van der Waals surface area contributed by atoms with Crippen LogP contribution in [-0.4, -0.2) is 23.3 Å². The fraction of sp³-hybridized carbons (Fsp3) is 0.667. The van der Waals surface area contributed by atoms with Crippen LogP contribution in [0.2, 0.25) is 0 Å². The largest absolute Gasteiger partial charge is 0.458 e. The summed E-state index contributed by atoms with van der Waals surface area (Å²) in [7, 11) is 0. The molecule has 1 N–H and O–H groups in total. The molecular formula is C15H20O3. The highest BCUT2D eigenvalue weighted by Gasteiger charge is 2.53. The maximum absolute atomic E-state index is 11.6. The van der Waals surface area contributed by atoms with E-state index in [1.807, 2.05) is 0 Å². The average Bonchev–Trinajstić information content (AvgIpc) is 2.50. The summed E-state index contributed by atoms with van der Waals surface area (Å²) in [6, 6.07) is 0. The van der Waals surface area contributed by atoms with Crippen LogP contribution in [0.15, 0.2) is 24.3 Å². The van der Waals surface area contributed by atoms with Crippen molar-refractivity contribution in [2.75, 3.05) is 0 Å². The van der Waals surface area contributed by atoms with Gasteiger partial charge in [-0.05, 0) is 37.0 Å². The predicted octanol–water partition coefficient (Wildman–Crippen LogP) is 2.21. The van der Waals surface area contributed by atoms with E-state index in [1.165, 1.54) is 0 Å². The van der Waals surface area contributed by atoms with Crippen molar-refractivity contribution in [3.63, 3.8) is 0 Å². The van der Waals surface area contributed by atoms with E-state index in [2.05, 4.69) is 20.1 Å². The third kappa shape index (κ3) is 1.57. The number of hydrogen-bond acceptors (Lipinski definition) is 3. The van der Waals surface area contributed by atoms with Gasteiger partial charge in [0.25, 0.3) is 0 Å². The zero-order chi connectivity index (χ0) is 13.1. The second kappa shape index (κ2) is 3.70. The number of ether oxygens (including phenoxy) is 1. The number of carbonyl (C=O) groups is 1. The van der Waals surface area contributed by atoms with Gasteiger partial charge in [0.2, 0.25) is 0 Å². The zero-order valence-electron chi connectivity index (χ0n) is 10.8. The Bertz CT molecular complexity index is 439. The molecule has 3 aliphatic rings. The molecule has 1 aliphatic heterocycles. The van der Waals surface area contributed by atoms with E-state index >= 15 is 0 Å². The monoisotopic (exact) mass is 248 g/mol. The molecule has 0 radical (unpaired) electrons. The van der Waals surface area contributed by atoms with E-state index in [1.54, 1.807) is 0 Å². The fourth-order valence-corrected chi connectivity index (χ4v) is 4.23. The van der Waals surface area contributed by atoms with Crippen LogP contribution in [0.1, 0.15) is 32.6 Å². The molecule has 0 unspecified atom stereocenters. The van der Waals surface area contributed by atoms with E-state index in [9.17, 15) is 9.90 Å². The van der Waals surface area contributed by atoms with Gasteiger partial charge in [-0.15, -0.1) is 0 Å². The molecule has 18 heavy (non-hydrogen) atoms. The summed E-state index contributed by atoms with van der Waals surface area (Å²) in [5.74, 6) is 0.300. The second-order valence-electron chi connectivity index (χ2n) is 6.44. The SMILES string of the molecule is C=C1C[C@@H](O)C[C@@]2(C)C[C@@H]3OC(=O)C(=C)[C@@H]3C[C@H]12. The Hall–Kier alpha value is -1.09. The van der Waals surface area contributed by atoms with Crippen molar-refractivity contribution in [2.24, 2.45) is 17.3 Å². The third-order valence-corrected chi connectivity index (χ3v) is 5.11. The fourth-order valence-electron chi connectivity index (χ4n) is 4.23. The quantitative estimate of drug-likeness (QED) is 0.406. The molecule has 98 valence electrons. The van der Waals surface area contributed by atoms with Crippen molar-refractivity contribution in [2.45, 2.75) is 44.8 Å². The minimum atomic E-state index is -0.296. The Labute approximate surface area is 108 Å². The minimum Gasteiger partial charge on any atom is -0.458 e. The van der Waals surface area contributed by atoms with Gasteiger partial charge in [0.1, 0.15) is 6.10 Å². The summed E-state index contributed by atoms with van der Waals surface area (Å²) >= 11 is 0. The topological polar surface area (TPSA) is 46.5 Å². The number of carbonyl (C=O) groups excluding carboxylic acids is 1. The van der Waals surface area contributed by atoms with Crippen LogP contribution in [0.5, 0.6) is 0 Å². The van der Waals surface area contributed by atoms with Gasteiger partial charge < -0.3 is 9.84 Å². The highest BCUT2D eigenvalue weighted by molar-refractivity contribution is 5.90. The highest BCUT2D eigenvalue weighted by Crippen LogP contribution is 2.56. The maximum Gasteiger partial charge on any atom is 0.334 e. The number of aliphatic hydroxyl groups is 1. The summed E-state index contributed by atoms with van der Waals surface area (Å²) in [6.45, 7) is 10.2. The molecule has 0 aromatic rings. The summed E-state index contributed by atoms with van der Waals surface area (Å²) < 4.78 is 5.41. The normalized spacial score (nSPS) is 47.6. The average molecular weight is 248 g/mol. The van der Waals surface area contributed by atoms with Crippen molar-refractivity contribution >= 4 is 5.97 Å². The van der Waals surface area contributed by atoms with Gasteiger partial charge in [0.15, 0.2) is 0 Å². The summed E-state index contributed by atoms with van der Waals surface area (Å²) in [6.07, 6.45) is 2.86. The Morgan fingerprint density at radius 3 is 2.83 bits per heavy atom. The summed E-state index contributed by atoms with van der Waals surface area (Å²) in [4.78, 5) is 11.6. The lowest BCUT2D eigenvalue weighted by molar-refractivity contribution is -0.142. The molecule has 0 aromatic carbocycles. The lowest BCUT2D eigenvalue weighted by atomic mass is 9.55. The number of rotatable bonds is 0. The first-order chi connectivity index (χ1) is 8.40. The molecule has 3 rings (SSSR count). The zero-order valence-corrected chi connectivity index (χ0v) is 10.8. The number of esters is 1. The molecule has 1 saturated heterocycles. The molecule has 2 saturated carbocycles. The van der Waals surface area contributed by atoms with Crippen LogP contribution in [0.25, 0.3) is 0 Å². The highest BCUT2D eigenvalue weighted by atomic mass is 16.6. The maximum atomic E-state index is 11.6. The molecular weight excluding hydrogens is 228 g/mol. The first kappa shape index (κ1) is 12.0. The molecule has 0 amide bonds. The first-order valence-electron chi connectivity index (χ1n) is 6.66. The molecule has 3 heteroatoms. The van der Waals surface area contributed by atoms with Gasteiger partial charge in [-0.2, -0.15) is 0 Å². The van der Waals surface area contributed by atoms with Crippen molar-refractivity contribution in [1.29, 1.82) is 0 Å². The molecule has 3 fully saturated rings. The minimum absolute atomic E-state index is 0.0147. The molecule has 3 nitrogen and oxygen atoms in total. The van der Waals surface area contributed by atoms with E-state index in [4.69, 9.17) is 4.74 Å². The van der Waals surface area contributed by atoms with E-state index < -0.39 is 0 Å². The molecule has 5 atom stereocenters. The molecule has 1 heterocycles. The van der Waals surface area contributed by atoms with E-state index in [0.29, 0.717) is 17.9 Å². The van der Waals surface area contributed by atoms with Gasteiger partial charge in [-0.25, -0.2) is 4.79 Å². The second-order valence-corrected chi connectivity index (χ2v) is 6.44. The standard InChI is InChI=1S/C15H20O3/c1-8-4-10(16)6-15(3)7-13-11(5-12(8)15)9(2)14(17)18-13/h10-13,16H,1-2,4-7H2,3H3/t10-,11+,12-,13+,15+/m1/s1. The first-order valence-corrected chi connectivity index (χ1v) is 6.66. The Morgan fingerprint density at radius 1 is 1.39 bits per heavy atom. The van der Waals surface area contributed by atoms with E-state index in [-0.39, 0.29) is 29.5 Å². The lowest BCUT2D eigenvalue weighted by Gasteiger charge is -2.50. The summed E-state index contributed by atoms with van der Waals surface area (Å²) in [5, 5.41) is 9.94. The predicted molar refractivity (Wildman–Crippen MR) is 67.7 cm³/mol. The van der Waals surface area contributed by atoms with Crippen LogP contribution >= 0.6 is 0 Å². The Balaban J connectivity index is 1.91. The molecule has 0 spiro atoms. The van der Waals surface area contributed by atoms with Gasteiger partial charge in [-0.1, -0.05) is 25.7 Å². The summed E-state index contributed by atoms with van der Waals surface area (Å²) in [5.41, 5.74) is 1.77. The van der Waals surface area contributed by atoms with Crippen LogP contribution < -0.4 is 0 Å². The van der Waals surface area contributed by atoms with Crippen molar-refractivity contribution in [3.8, 4) is 0 Å². The van der Waals surface area contributed by atoms with Crippen LogP contribution in [0.4, 0.5) is 0 Å². The molecule has 0 aromatic heterocycles. The number of hydrogen-bond donors (Lipinski definition) is 1. The van der Waals surface area contributed by atoms with Crippen molar-refractivity contribution in [1.82, 2.24) is 0 Å². The Kier molecular flexibility index (Phi) is 2.46. The van der Waals surface area contributed by atoms with Crippen LogP contribution in [0, 0.1) is 17.3 Å². The van der Waals surface area contributed by atoms with Crippen molar-refractivity contribution < 1.29 is 14.6 Å². The third-order valence-electron chi connectivity index (χ3n) is 5.11. The van der Waals surface area contributed by atoms with Crippen LogP contribution in [0.3, 0.4) is 0 Å².